The third kappa shape index (κ3) is 7.51. The van der Waals surface area contributed by atoms with Crippen LogP contribution in [0.15, 0.2) is 0 Å². The van der Waals surface area contributed by atoms with Crippen LogP contribution >= 0.6 is 0 Å². The fourth-order valence-electron chi connectivity index (χ4n) is 3.35. The molecule has 6 nitrogen and oxygen atoms in total. The second-order valence-electron chi connectivity index (χ2n) is 8.79. The Kier molecular flexibility index (Phi) is 8.53. The third-order valence-electron chi connectivity index (χ3n) is 4.76. The highest BCUT2D eigenvalue weighted by atomic mass is 19.4. The molecule has 1 heterocycles. The number of amides is 2. The average Bonchev–Trinajstić information content (AvgIpc) is 2.92. The van der Waals surface area contributed by atoms with Crippen molar-refractivity contribution in [2.24, 2.45) is 17.8 Å². The van der Waals surface area contributed by atoms with Gasteiger partial charge in [0.2, 0.25) is 5.91 Å². The van der Waals surface area contributed by atoms with Gasteiger partial charge < -0.3 is 9.47 Å². The lowest BCUT2D eigenvalue weighted by Gasteiger charge is -2.32. The Balaban J connectivity index is 3.23. The highest BCUT2D eigenvalue weighted by Crippen LogP contribution is 2.34. The lowest BCUT2D eigenvalue weighted by Crippen LogP contribution is -2.48. The Hall–Kier alpha value is -1.80. The number of carbonyl (C=O) groups is 3. The zero-order valence-electron chi connectivity index (χ0n) is 18.0. The molecule has 0 aliphatic carbocycles. The molecule has 2 unspecified atom stereocenters. The van der Waals surface area contributed by atoms with Crippen LogP contribution in [-0.2, 0) is 19.1 Å². The van der Waals surface area contributed by atoms with Gasteiger partial charge in [-0.15, -0.1) is 0 Å². The van der Waals surface area contributed by atoms with E-state index in [1.54, 1.807) is 27.7 Å². The van der Waals surface area contributed by atoms with Gasteiger partial charge in [0.25, 0.3) is 0 Å². The Bertz CT molecular complexity index is 598. The molecule has 0 bridgehead atoms. The first-order valence-corrected chi connectivity index (χ1v) is 9.97. The standard InChI is InChI=1S/C20H32F3NO5/c1-7-8-13(16(25)24-15(12(2)3)11-28-18(24)27)14(9-10-20(21,22)23)17(26)29-19(4,5)6/h12-15H,7-11H2,1-6H3/t13-,14?,15?/m1/s1. The van der Waals surface area contributed by atoms with Crippen LogP contribution in [0.4, 0.5) is 18.0 Å². The SMILES string of the molecule is CCC[C@@H](C(=O)N1C(=O)OCC1C(C)C)C(CCC(F)(F)F)C(=O)OC(C)(C)C. The summed E-state index contributed by atoms with van der Waals surface area (Å²) in [7, 11) is 0. The molecule has 1 aliphatic heterocycles. The Labute approximate surface area is 170 Å². The van der Waals surface area contributed by atoms with E-state index in [1.165, 1.54) is 0 Å². The van der Waals surface area contributed by atoms with E-state index >= 15 is 0 Å². The van der Waals surface area contributed by atoms with Crippen LogP contribution < -0.4 is 0 Å². The predicted molar refractivity (Wildman–Crippen MR) is 99.8 cm³/mol. The summed E-state index contributed by atoms with van der Waals surface area (Å²) in [6.45, 7) is 10.2. The van der Waals surface area contributed by atoms with Gasteiger partial charge in [0.15, 0.2) is 0 Å². The molecule has 0 aromatic rings. The summed E-state index contributed by atoms with van der Waals surface area (Å²) in [5.41, 5.74) is -0.916. The van der Waals surface area contributed by atoms with Crippen molar-refractivity contribution >= 4 is 18.0 Å². The molecule has 2 amide bonds. The molecule has 1 saturated heterocycles. The fourth-order valence-corrected chi connectivity index (χ4v) is 3.35. The van der Waals surface area contributed by atoms with Crippen molar-refractivity contribution in [2.75, 3.05) is 6.61 Å². The molecule has 0 saturated carbocycles. The minimum absolute atomic E-state index is 0.0285. The van der Waals surface area contributed by atoms with Crippen LogP contribution in [0.2, 0.25) is 0 Å². The largest absolute Gasteiger partial charge is 0.460 e. The average molecular weight is 423 g/mol. The molecule has 168 valence electrons. The van der Waals surface area contributed by atoms with Gasteiger partial charge in [-0.25, -0.2) is 9.69 Å². The number of alkyl halides is 3. The summed E-state index contributed by atoms with van der Waals surface area (Å²) in [6.07, 6.45) is -6.49. The Morgan fingerprint density at radius 2 is 1.76 bits per heavy atom. The van der Waals surface area contributed by atoms with Crippen LogP contribution in [0.25, 0.3) is 0 Å². The van der Waals surface area contributed by atoms with Gasteiger partial charge in [-0.1, -0.05) is 27.2 Å². The van der Waals surface area contributed by atoms with Gasteiger partial charge in [-0.05, 0) is 39.5 Å². The normalized spacial score (nSPS) is 19.9. The topological polar surface area (TPSA) is 72.9 Å². The first kappa shape index (κ1) is 25.2. The van der Waals surface area contributed by atoms with E-state index in [2.05, 4.69) is 0 Å². The second-order valence-corrected chi connectivity index (χ2v) is 8.79. The molecule has 1 aliphatic rings. The molecule has 9 heteroatoms. The first-order valence-electron chi connectivity index (χ1n) is 9.97. The van der Waals surface area contributed by atoms with E-state index in [-0.39, 0.29) is 18.9 Å². The lowest BCUT2D eigenvalue weighted by molar-refractivity contribution is -0.169. The molecule has 0 N–H and O–H groups in total. The lowest BCUT2D eigenvalue weighted by atomic mass is 9.83. The number of ether oxygens (including phenoxy) is 2. The monoisotopic (exact) mass is 423 g/mol. The van der Waals surface area contributed by atoms with Crippen LogP contribution in [0.5, 0.6) is 0 Å². The van der Waals surface area contributed by atoms with E-state index in [1.807, 2.05) is 13.8 Å². The minimum Gasteiger partial charge on any atom is -0.460 e. The summed E-state index contributed by atoms with van der Waals surface area (Å²) < 4.78 is 48.9. The second kappa shape index (κ2) is 9.80. The quantitative estimate of drug-likeness (QED) is 0.529. The van der Waals surface area contributed by atoms with E-state index in [0.29, 0.717) is 6.42 Å². The van der Waals surface area contributed by atoms with Crippen LogP contribution in [-0.4, -0.2) is 47.3 Å². The molecule has 0 aromatic heterocycles. The highest BCUT2D eigenvalue weighted by molar-refractivity contribution is 5.96. The number of rotatable bonds is 8. The molecule has 0 radical (unpaired) electrons. The zero-order chi connectivity index (χ0) is 22.6. The zero-order valence-corrected chi connectivity index (χ0v) is 18.0. The summed E-state index contributed by atoms with van der Waals surface area (Å²) in [5.74, 6) is -4.02. The van der Waals surface area contributed by atoms with E-state index in [9.17, 15) is 27.6 Å². The van der Waals surface area contributed by atoms with Crippen LogP contribution in [0.3, 0.4) is 0 Å². The number of esters is 1. The number of hydrogen-bond donors (Lipinski definition) is 0. The van der Waals surface area contributed by atoms with Crippen molar-refractivity contribution in [3.05, 3.63) is 0 Å². The van der Waals surface area contributed by atoms with Crippen molar-refractivity contribution in [2.45, 2.75) is 85.0 Å². The minimum atomic E-state index is -4.48. The first-order chi connectivity index (χ1) is 13.2. The van der Waals surface area contributed by atoms with E-state index in [0.717, 1.165) is 4.90 Å². The highest BCUT2D eigenvalue weighted by Gasteiger charge is 2.46. The van der Waals surface area contributed by atoms with Gasteiger partial charge in [0.05, 0.1) is 17.9 Å². The molecule has 0 aromatic carbocycles. The van der Waals surface area contributed by atoms with Crippen molar-refractivity contribution < 1.29 is 37.0 Å². The summed E-state index contributed by atoms with van der Waals surface area (Å²) in [4.78, 5) is 39.1. The van der Waals surface area contributed by atoms with Crippen molar-refractivity contribution in [1.29, 1.82) is 0 Å². The molecule has 1 fully saturated rings. The van der Waals surface area contributed by atoms with E-state index in [4.69, 9.17) is 9.47 Å². The summed E-state index contributed by atoms with van der Waals surface area (Å²) >= 11 is 0. The van der Waals surface area contributed by atoms with Gasteiger partial charge in [0, 0.05) is 6.42 Å². The van der Waals surface area contributed by atoms with Crippen LogP contribution in [0, 0.1) is 17.8 Å². The maximum Gasteiger partial charge on any atom is 0.416 e. The smallest absolute Gasteiger partial charge is 0.416 e. The summed E-state index contributed by atoms with van der Waals surface area (Å²) in [6, 6.07) is -0.517. The van der Waals surface area contributed by atoms with Crippen molar-refractivity contribution in [3.63, 3.8) is 0 Å². The number of nitrogens with zero attached hydrogens (tertiary/aromatic N) is 1. The molecule has 3 atom stereocenters. The van der Waals surface area contributed by atoms with Crippen molar-refractivity contribution in [3.8, 4) is 0 Å². The third-order valence-corrected chi connectivity index (χ3v) is 4.76. The fraction of sp³-hybridized carbons (Fsp3) is 0.850. The number of halogens is 3. The van der Waals surface area contributed by atoms with Gasteiger partial charge >= 0.3 is 18.2 Å². The predicted octanol–water partition coefficient (Wildman–Crippen LogP) is 4.71. The number of imide groups is 1. The van der Waals surface area contributed by atoms with E-state index < -0.39 is 60.5 Å². The number of hydrogen-bond acceptors (Lipinski definition) is 5. The number of cyclic esters (lactones) is 1. The Morgan fingerprint density at radius 1 is 1.17 bits per heavy atom. The molecular weight excluding hydrogens is 391 g/mol. The molecule has 0 spiro atoms. The van der Waals surface area contributed by atoms with Gasteiger partial charge in [-0.3, -0.25) is 9.59 Å². The summed E-state index contributed by atoms with van der Waals surface area (Å²) in [5, 5.41) is 0. The van der Waals surface area contributed by atoms with Crippen LogP contribution in [0.1, 0.15) is 67.2 Å². The molecular formula is C20H32F3NO5. The Morgan fingerprint density at radius 3 is 2.21 bits per heavy atom. The van der Waals surface area contributed by atoms with Gasteiger partial charge in [0.1, 0.15) is 12.2 Å². The molecule has 29 heavy (non-hydrogen) atoms. The van der Waals surface area contributed by atoms with Gasteiger partial charge in [-0.2, -0.15) is 13.2 Å². The number of carbonyl (C=O) groups excluding carboxylic acids is 3. The maximum absolute atomic E-state index is 13.2. The van der Waals surface area contributed by atoms with Crippen molar-refractivity contribution in [1.82, 2.24) is 4.90 Å². The molecule has 1 rings (SSSR count). The maximum atomic E-state index is 13.2.